The molecule has 0 unspecified atom stereocenters. The normalized spacial score (nSPS) is 10.3. The van der Waals surface area contributed by atoms with Crippen molar-refractivity contribution in [3.8, 4) is 0 Å². The minimum absolute atomic E-state index is 0. The molecule has 0 rings (SSSR count). The van der Waals surface area contributed by atoms with Gasteiger partial charge in [-0.05, 0) is 0 Å². The molecule has 53 valence electrons. The molecule has 7 heavy (non-hydrogen) atoms. The van der Waals surface area contributed by atoms with E-state index < -0.39 is 9.05 Å². The van der Waals surface area contributed by atoms with Crippen LogP contribution in [0.15, 0.2) is 0 Å². The summed E-state index contributed by atoms with van der Waals surface area (Å²) in [6, 6.07) is 0. The van der Waals surface area contributed by atoms with Crippen LogP contribution in [-0.2, 0) is 4.58 Å². The molecule has 0 spiro atoms. The van der Waals surface area contributed by atoms with Gasteiger partial charge >= 0.3 is 9.05 Å². The van der Waals surface area contributed by atoms with Crippen LogP contribution in [0.3, 0.4) is 0 Å². The van der Waals surface area contributed by atoms with E-state index in [1.165, 1.54) is 0 Å². The van der Waals surface area contributed by atoms with Crippen molar-refractivity contribution < 1.29 is 61.1 Å². The monoisotopic (exact) mass is 287 g/mol. The second-order valence-corrected chi connectivity index (χ2v) is 2.00. The molecule has 0 saturated heterocycles. The van der Waals surface area contributed by atoms with Crippen LogP contribution < -0.4 is 0 Å². The summed E-state index contributed by atoms with van der Waals surface area (Å²) < 4.78 is 2.74. The van der Waals surface area contributed by atoms with Crippen LogP contribution in [0.25, 0.3) is 0 Å². The quantitative estimate of drug-likeness (QED) is 0.252. The zero-order chi connectivity index (χ0) is 5.21. The predicted molar refractivity (Wildman–Crippen MR) is 16.1 cm³/mol. The second-order valence-electron chi connectivity index (χ2n) is 0.665. The molecule has 0 aliphatic heterocycles. The fourth-order valence-corrected chi connectivity index (χ4v) is 0. The van der Waals surface area contributed by atoms with Crippen LogP contribution in [-0.4, -0.2) is 28.7 Å². The summed E-state index contributed by atoms with van der Waals surface area (Å²) >= 11 is 0. The van der Waals surface area contributed by atoms with Gasteiger partial charge in [-0.25, -0.2) is 0 Å². The molecular formula is H4LuO5Si. The van der Waals surface area contributed by atoms with E-state index in [1.54, 1.807) is 0 Å². The molecule has 0 aliphatic rings. The average molecular weight is 287 g/mol. The van der Waals surface area contributed by atoms with Crippen LogP contribution in [0, 0.1) is 36.9 Å². The molecule has 0 aliphatic carbocycles. The number of hydrogen-bond donors (Lipinski definition) is 4. The molecule has 0 aromatic rings. The van der Waals surface area contributed by atoms with Gasteiger partial charge in [-0.15, -0.1) is 0 Å². The van der Waals surface area contributed by atoms with E-state index in [4.69, 9.17) is 19.6 Å². The van der Waals surface area contributed by atoms with E-state index in [1.807, 2.05) is 0 Å². The minimum atomic E-state index is -4.58. The molecule has 4 N–H and O–H groups in total. The standard InChI is InChI=1S/Lu.H4O5Si/c;1-5-6(2,3)4/h;1-4H. The maximum atomic E-state index is 7.60. The van der Waals surface area contributed by atoms with Crippen molar-refractivity contribution in [3.63, 3.8) is 0 Å². The molecule has 5 nitrogen and oxygen atoms in total. The van der Waals surface area contributed by atoms with Crippen molar-refractivity contribution in [2.75, 3.05) is 0 Å². The fourth-order valence-electron chi connectivity index (χ4n) is 0. The first-order chi connectivity index (χ1) is 2.56. The fraction of sp³-hybridized carbons (Fsp3) is 0. The minimum Gasteiger partial charge on any atom is -0.366 e. The third-order valence-electron chi connectivity index (χ3n) is 0.122. The molecular weight excluding hydrogens is 283 g/mol. The molecule has 0 amide bonds. The third kappa shape index (κ3) is 11.1. The topological polar surface area (TPSA) is 90.2 Å². The maximum absolute atomic E-state index is 7.60. The van der Waals surface area contributed by atoms with Crippen molar-refractivity contribution in [2.24, 2.45) is 0 Å². The maximum Gasteiger partial charge on any atom is 0.699 e. The van der Waals surface area contributed by atoms with E-state index in [2.05, 4.69) is 4.58 Å². The van der Waals surface area contributed by atoms with E-state index in [9.17, 15) is 0 Å². The summed E-state index contributed by atoms with van der Waals surface area (Å²) in [6.07, 6.45) is 0. The molecule has 0 heterocycles. The molecule has 0 atom stereocenters. The van der Waals surface area contributed by atoms with Gasteiger partial charge in [0.1, 0.15) is 0 Å². The van der Waals surface area contributed by atoms with Gasteiger partial charge in [0, 0.05) is 36.9 Å². The summed E-state index contributed by atoms with van der Waals surface area (Å²) in [4.78, 5) is 22.8. The van der Waals surface area contributed by atoms with Gasteiger partial charge in [0.2, 0.25) is 0 Å². The van der Waals surface area contributed by atoms with E-state index in [0.717, 1.165) is 0 Å². The van der Waals surface area contributed by atoms with Crippen LogP contribution in [0.2, 0.25) is 0 Å². The van der Waals surface area contributed by atoms with Gasteiger partial charge in [-0.1, -0.05) is 0 Å². The van der Waals surface area contributed by atoms with E-state index in [0.29, 0.717) is 0 Å². The van der Waals surface area contributed by atoms with Crippen molar-refractivity contribution in [1.29, 1.82) is 0 Å². The van der Waals surface area contributed by atoms with Crippen molar-refractivity contribution in [3.05, 3.63) is 0 Å². The Morgan fingerprint density at radius 2 is 1.29 bits per heavy atom. The zero-order valence-corrected chi connectivity index (χ0v) is 5.61. The molecule has 0 bridgehead atoms. The Labute approximate surface area is 69.8 Å². The van der Waals surface area contributed by atoms with Crippen LogP contribution in [0.5, 0.6) is 0 Å². The van der Waals surface area contributed by atoms with E-state index >= 15 is 0 Å². The molecule has 0 fully saturated rings. The third-order valence-corrected chi connectivity index (χ3v) is 0.367. The van der Waals surface area contributed by atoms with Gasteiger partial charge in [0.15, 0.2) is 0 Å². The van der Waals surface area contributed by atoms with Gasteiger partial charge < -0.3 is 14.4 Å². The molecule has 0 saturated carbocycles. The van der Waals surface area contributed by atoms with Gasteiger partial charge in [0.05, 0.1) is 0 Å². The van der Waals surface area contributed by atoms with E-state index in [-0.39, 0.29) is 36.9 Å². The average Bonchev–Trinajstić information content (AvgIpc) is 1.35. The largest absolute Gasteiger partial charge is 0.699 e. The van der Waals surface area contributed by atoms with Crippen molar-refractivity contribution >= 4 is 9.05 Å². The summed E-state index contributed by atoms with van der Waals surface area (Å²) in [7, 11) is -4.58. The Morgan fingerprint density at radius 3 is 1.29 bits per heavy atom. The predicted octanol–water partition coefficient (Wildman–Crippen LogP) is -2.11. The van der Waals surface area contributed by atoms with Crippen LogP contribution >= 0.6 is 0 Å². The number of rotatable bonds is 1. The van der Waals surface area contributed by atoms with Gasteiger partial charge in [-0.2, -0.15) is 4.58 Å². The summed E-state index contributed by atoms with van der Waals surface area (Å²) in [5.74, 6) is 0. The molecule has 0 aromatic heterocycles. The summed E-state index contributed by atoms with van der Waals surface area (Å²) in [5, 5.41) is 7.21. The smallest absolute Gasteiger partial charge is 0.366 e. The summed E-state index contributed by atoms with van der Waals surface area (Å²) in [5.41, 5.74) is 0. The first-order valence-corrected chi connectivity index (χ1v) is 2.81. The SMILES string of the molecule is OO[Si](O)(O)O.[Lu]. The van der Waals surface area contributed by atoms with Gasteiger partial charge in [-0.3, -0.25) is 5.26 Å². The second kappa shape index (κ2) is 4.16. The van der Waals surface area contributed by atoms with Crippen molar-refractivity contribution in [2.45, 2.75) is 0 Å². The first-order valence-electron chi connectivity index (χ1n) is 1.06. The van der Waals surface area contributed by atoms with Crippen LogP contribution in [0.4, 0.5) is 0 Å². The Kier molecular flexibility index (Phi) is 6.60. The Hall–Kier alpha value is 1.25. The Balaban J connectivity index is 0. The summed E-state index contributed by atoms with van der Waals surface area (Å²) in [6.45, 7) is 0. The molecule has 7 heteroatoms. The number of hydrogen-bond acceptors (Lipinski definition) is 5. The van der Waals surface area contributed by atoms with Crippen LogP contribution in [0.1, 0.15) is 0 Å². The molecule has 0 aromatic carbocycles. The Bertz CT molecular complexity index is 37.8. The zero-order valence-electron chi connectivity index (χ0n) is 2.96. The Morgan fingerprint density at radius 1 is 1.14 bits per heavy atom. The van der Waals surface area contributed by atoms with Gasteiger partial charge in [0.25, 0.3) is 0 Å². The molecule has 1 radical (unpaired) electrons. The van der Waals surface area contributed by atoms with Crippen molar-refractivity contribution in [1.82, 2.24) is 0 Å². The first kappa shape index (κ1) is 11.1.